The predicted molar refractivity (Wildman–Crippen MR) is 98.7 cm³/mol. The summed E-state index contributed by atoms with van der Waals surface area (Å²) in [7, 11) is 1.25. The summed E-state index contributed by atoms with van der Waals surface area (Å²) in [5.74, 6) is 0.653. The van der Waals surface area contributed by atoms with E-state index in [2.05, 4.69) is 19.7 Å². The van der Waals surface area contributed by atoms with Gasteiger partial charge >= 0.3 is 6.01 Å². The minimum atomic E-state index is -3.74. The molecule has 0 saturated heterocycles. The van der Waals surface area contributed by atoms with Gasteiger partial charge in [-0.15, -0.1) is 0 Å². The maximum Gasteiger partial charge on any atom is 0.321 e. The number of hydrogen-bond donors (Lipinski definition) is 1. The summed E-state index contributed by atoms with van der Waals surface area (Å²) in [6.07, 6.45) is 0. The maximum absolute atomic E-state index is 12.8. The number of rotatable bonds is 6. The van der Waals surface area contributed by atoms with Crippen LogP contribution in [0.3, 0.4) is 0 Å². The molecule has 26 heavy (non-hydrogen) atoms. The van der Waals surface area contributed by atoms with Gasteiger partial charge in [0.1, 0.15) is 0 Å². The van der Waals surface area contributed by atoms with Gasteiger partial charge < -0.3 is 9.64 Å². The van der Waals surface area contributed by atoms with Crippen molar-refractivity contribution >= 4 is 26.7 Å². The molecule has 3 rings (SSSR count). The van der Waals surface area contributed by atoms with Crippen LogP contribution in [0.15, 0.2) is 47.4 Å². The number of anilines is 1. The molecule has 2 aromatic carbocycles. The highest BCUT2D eigenvalue weighted by molar-refractivity contribution is 7.89. The Balaban J connectivity index is 1.90. The summed E-state index contributed by atoms with van der Waals surface area (Å²) in [6.45, 7) is -0.0781. The number of benzene rings is 2. The fourth-order valence-corrected chi connectivity index (χ4v) is 3.63. The fourth-order valence-electron chi connectivity index (χ4n) is 2.42. The average molecular weight is 373 g/mol. The lowest BCUT2D eigenvalue weighted by molar-refractivity contribution is 0.375. The first-order valence-corrected chi connectivity index (χ1v) is 9.33. The van der Waals surface area contributed by atoms with E-state index in [9.17, 15) is 8.42 Å². The molecule has 0 unspecified atom stereocenters. The van der Waals surface area contributed by atoms with Crippen LogP contribution in [0, 0.1) is 0 Å². The van der Waals surface area contributed by atoms with E-state index in [-0.39, 0.29) is 23.3 Å². The van der Waals surface area contributed by atoms with Crippen molar-refractivity contribution in [1.82, 2.24) is 19.7 Å². The first kappa shape index (κ1) is 18.0. The molecule has 1 N–H and O–H groups in total. The van der Waals surface area contributed by atoms with Crippen LogP contribution in [-0.4, -0.2) is 44.6 Å². The molecule has 0 saturated carbocycles. The Bertz CT molecular complexity index is 1030. The molecule has 1 aromatic heterocycles. The number of ether oxygens (including phenoxy) is 1. The van der Waals surface area contributed by atoms with Gasteiger partial charge in [0, 0.05) is 19.5 Å². The van der Waals surface area contributed by atoms with Gasteiger partial charge in [-0.25, -0.2) is 13.1 Å². The summed E-state index contributed by atoms with van der Waals surface area (Å²) in [5, 5.41) is 1.51. The van der Waals surface area contributed by atoms with E-state index in [4.69, 9.17) is 4.74 Å². The number of fused-ring (bicyclic) bond motifs is 1. The number of sulfonamides is 1. The van der Waals surface area contributed by atoms with E-state index in [1.54, 1.807) is 37.2 Å². The van der Waals surface area contributed by atoms with E-state index >= 15 is 0 Å². The normalized spacial score (nSPS) is 11.5. The van der Waals surface area contributed by atoms with Crippen molar-refractivity contribution in [2.24, 2.45) is 0 Å². The molecule has 0 radical (unpaired) electrons. The zero-order valence-electron chi connectivity index (χ0n) is 14.7. The number of methoxy groups -OCH3 is 1. The lowest BCUT2D eigenvalue weighted by Crippen LogP contribution is -2.25. The second-order valence-electron chi connectivity index (χ2n) is 5.73. The largest absolute Gasteiger partial charge is 0.467 e. The first-order valence-electron chi connectivity index (χ1n) is 7.84. The van der Waals surface area contributed by atoms with Crippen molar-refractivity contribution < 1.29 is 13.2 Å². The molecular weight excluding hydrogens is 354 g/mol. The predicted octanol–water partition coefficient (Wildman–Crippen LogP) is 1.58. The van der Waals surface area contributed by atoms with E-state index in [0.717, 1.165) is 5.39 Å². The fraction of sp³-hybridized carbons (Fsp3) is 0.235. The van der Waals surface area contributed by atoms with Crippen molar-refractivity contribution in [1.29, 1.82) is 0 Å². The number of hydrogen-bond acceptors (Lipinski definition) is 7. The van der Waals surface area contributed by atoms with Crippen LogP contribution in [0.25, 0.3) is 10.8 Å². The second kappa shape index (κ2) is 7.22. The van der Waals surface area contributed by atoms with Gasteiger partial charge in [0.2, 0.25) is 16.0 Å². The highest BCUT2D eigenvalue weighted by Crippen LogP contribution is 2.22. The SMILES string of the molecule is COc1nc(CNS(=O)(=O)c2cccc3ccccc23)nc(N(C)C)n1. The minimum absolute atomic E-state index is 0.0781. The van der Waals surface area contributed by atoms with Gasteiger partial charge in [-0.2, -0.15) is 15.0 Å². The summed E-state index contributed by atoms with van der Waals surface area (Å²) in [5.41, 5.74) is 0. The monoisotopic (exact) mass is 373 g/mol. The Morgan fingerprint density at radius 2 is 1.77 bits per heavy atom. The summed E-state index contributed by atoms with van der Waals surface area (Å²) < 4.78 is 33.1. The first-order chi connectivity index (χ1) is 12.4. The third-order valence-corrected chi connectivity index (χ3v) is 5.15. The van der Waals surface area contributed by atoms with Gasteiger partial charge in [0.05, 0.1) is 18.6 Å². The topological polar surface area (TPSA) is 97.3 Å². The second-order valence-corrected chi connectivity index (χ2v) is 7.47. The molecule has 0 aliphatic rings. The van der Waals surface area contributed by atoms with Crippen molar-refractivity contribution in [2.45, 2.75) is 11.4 Å². The molecule has 9 heteroatoms. The molecule has 136 valence electrons. The van der Waals surface area contributed by atoms with Crippen molar-refractivity contribution in [3.63, 3.8) is 0 Å². The third-order valence-electron chi connectivity index (χ3n) is 3.69. The molecule has 8 nitrogen and oxygen atoms in total. The molecule has 1 heterocycles. The average Bonchev–Trinajstić information content (AvgIpc) is 2.65. The molecule has 0 aliphatic carbocycles. The molecule has 0 spiro atoms. The van der Waals surface area contributed by atoms with Crippen LogP contribution in [0.5, 0.6) is 6.01 Å². The van der Waals surface area contributed by atoms with E-state index in [1.807, 2.05) is 24.3 Å². The highest BCUT2D eigenvalue weighted by Gasteiger charge is 2.18. The molecular formula is C17H19N5O3S. The Morgan fingerprint density at radius 3 is 2.50 bits per heavy atom. The molecule has 3 aromatic rings. The maximum atomic E-state index is 12.8. The number of nitrogens with one attached hydrogen (secondary N) is 1. The summed E-state index contributed by atoms with van der Waals surface area (Å²) >= 11 is 0. The van der Waals surface area contributed by atoms with Gasteiger partial charge in [-0.3, -0.25) is 0 Å². The van der Waals surface area contributed by atoms with Crippen molar-refractivity contribution in [2.75, 3.05) is 26.1 Å². The summed E-state index contributed by atoms with van der Waals surface area (Å²) in [4.78, 5) is 14.3. The van der Waals surface area contributed by atoms with Crippen LogP contribution in [0.1, 0.15) is 5.82 Å². The standard InChI is InChI=1S/C17H19N5O3S/c1-22(2)16-19-15(20-17(21-16)25-3)11-18-26(23,24)14-10-6-8-12-7-4-5-9-13(12)14/h4-10,18H,11H2,1-3H3. The Morgan fingerprint density at radius 1 is 1.04 bits per heavy atom. The lowest BCUT2D eigenvalue weighted by Gasteiger charge is -2.13. The third kappa shape index (κ3) is 3.73. The molecule has 0 atom stereocenters. The van der Waals surface area contributed by atoms with E-state index in [0.29, 0.717) is 11.3 Å². The highest BCUT2D eigenvalue weighted by atomic mass is 32.2. The molecule has 0 bridgehead atoms. The van der Waals surface area contributed by atoms with Crippen LogP contribution >= 0.6 is 0 Å². The van der Waals surface area contributed by atoms with Crippen LogP contribution in [-0.2, 0) is 16.6 Å². The van der Waals surface area contributed by atoms with Gasteiger partial charge in [0.25, 0.3) is 0 Å². The lowest BCUT2D eigenvalue weighted by atomic mass is 10.1. The van der Waals surface area contributed by atoms with Crippen LogP contribution in [0.4, 0.5) is 5.95 Å². The molecule has 0 aliphatic heterocycles. The molecule has 0 amide bonds. The van der Waals surface area contributed by atoms with Crippen molar-refractivity contribution in [3.8, 4) is 6.01 Å². The van der Waals surface area contributed by atoms with E-state index in [1.165, 1.54) is 7.11 Å². The number of aromatic nitrogens is 3. The van der Waals surface area contributed by atoms with Crippen molar-refractivity contribution in [3.05, 3.63) is 48.3 Å². The summed E-state index contributed by atoms with van der Waals surface area (Å²) in [6, 6.07) is 12.6. The minimum Gasteiger partial charge on any atom is -0.467 e. The van der Waals surface area contributed by atoms with Gasteiger partial charge in [0.15, 0.2) is 5.82 Å². The zero-order valence-corrected chi connectivity index (χ0v) is 15.5. The molecule has 0 fully saturated rings. The smallest absolute Gasteiger partial charge is 0.321 e. The van der Waals surface area contributed by atoms with Crippen LogP contribution in [0.2, 0.25) is 0 Å². The number of nitrogens with zero attached hydrogens (tertiary/aromatic N) is 4. The Kier molecular flexibility index (Phi) is 5.01. The Labute approximate surface area is 151 Å². The van der Waals surface area contributed by atoms with Crippen LogP contribution < -0.4 is 14.4 Å². The quantitative estimate of drug-likeness (QED) is 0.700. The van der Waals surface area contributed by atoms with Gasteiger partial charge in [-0.05, 0) is 11.5 Å². The van der Waals surface area contributed by atoms with Gasteiger partial charge in [-0.1, -0.05) is 36.4 Å². The zero-order chi connectivity index (χ0) is 18.7. The Hall–Kier alpha value is -2.78. The van der Waals surface area contributed by atoms with E-state index < -0.39 is 10.0 Å².